The molecule has 3 rings (SSSR count). The Hall–Kier alpha value is -2.45. The van der Waals surface area contributed by atoms with E-state index in [2.05, 4.69) is 4.42 Å². The standard InChI is InChI=1S/C16H14FNO5S/c1-16(2)15(19)13(10-7-12(17)22-8-10)14(23-16)9-3-5-11(6-4-9)24(18,20)21/h3-8H,1-2H3,(H2,18,20,21). The average molecular weight is 351 g/mol. The third kappa shape index (κ3) is 2.74. The van der Waals surface area contributed by atoms with Crippen LogP contribution in [0.3, 0.4) is 0 Å². The van der Waals surface area contributed by atoms with Gasteiger partial charge in [-0.2, -0.15) is 4.39 Å². The van der Waals surface area contributed by atoms with E-state index in [0.717, 1.165) is 12.3 Å². The second-order valence-electron chi connectivity index (χ2n) is 5.85. The van der Waals surface area contributed by atoms with E-state index in [9.17, 15) is 17.6 Å². The second-order valence-corrected chi connectivity index (χ2v) is 7.42. The van der Waals surface area contributed by atoms with Gasteiger partial charge in [0.05, 0.1) is 10.5 Å². The Morgan fingerprint density at radius 3 is 2.25 bits per heavy atom. The molecule has 1 aromatic carbocycles. The van der Waals surface area contributed by atoms with E-state index in [-0.39, 0.29) is 27.6 Å². The Kier molecular flexibility index (Phi) is 3.61. The largest absolute Gasteiger partial charge is 0.478 e. The molecule has 0 atom stereocenters. The first-order valence-electron chi connectivity index (χ1n) is 6.95. The third-order valence-corrected chi connectivity index (χ3v) is 4.59. The summed E-state index contributed by atoms with van der Waals surface area (Å²) in [5.41, 5.74) is -0.223. The second kappa shape index (κ2) is 5.29. The van der Waals surface area contributed by atoms with Gasteiger partial charge in [-0.05, 0) is 38.1 Å². The smallest absolute Gasteiger partial charge is 0.278 e. The van der Waals surface area contributed by atoms with Crippen molar-refractivity contribution in [3.8, 4) is 0 Å². The molecule has 0 unspecified atom stereocenters. The minimum absolute atomic E-state index is 0.0636. The Morgan fingerprint density at radius 1 is 1.12 bits per heavy atom. The number of sulfonamides is 1. The van der Waals surface area contributed by atoms with Crippen LogP contribution >= 0.6 is 0 Å². The summed E-state index contributed by atoms with van der Waals surface area (Å²) < 4.78 is 46.2. The molecule has 0 bridgehead atoms. The summed E-state index contributed by atoms with van der Waals surface area (Å²) >= 11 is 0. The highest BCUT2D eigenvalue weighted by molar-refractivity contribution is 7.89. The lowest BCUT2D eigenvalue weighted by Gasteiger charge is -2.17. The van der Waals surface area contributed by atoms with Gasteiger partial charge >= 0.3 is 0 Å². The Morgan fingerprint density at radius 2 is 1.75 bits per heavy atom. The average Bonchev–Trinajstić information content (AvgIpc) is 3.00. The predicted octanol–water partition coefficient (Wildman–Crippen LogP) is 2.31. The van der Waals surface area contributed by atoms with Gasteiger partial charge in [-0.25, -0.2) is 13.6 Å². The SMILES string of the molecule is CC1(C)OC(c2ccc(S(N)(=O)=O)cc2)=C(c2coc(F)c2)C1=O. The maximum atomic E-state index is 13.2. The van der Waals surface area contributed by atoms with Crippen molar-refractivity contribution in [2.24, 2.45) is 5.14 Å². The van der Waals surface area contributed by atoms with Crippen molar-refractivity contribution in [1.29, 1.82) is 0 Å². The van der Waals surface area contributed by atoms with Crippen LogP contribution in [-0.2, 0) is 19.6 Å². The molecule has 24 heavy (non-hydrogen) atoms. The number of rotatable bonds is 3. The van der Waals surface area contributed by atoms with E-state index in [1.54, 1.807) is 13.8 Å². The number of carbonyl (C=O) groups is 1. The number of hydrogen-bond donors (Lipinski definition) is 1. The number of hydrogen-bond acceptors (Lipinski definition) is 5. The zero-order valence-electron chi connectivity index (χ0n) is 12.9. The number of Topliss-reactive ketones (excluding diaryl/α,β-unsaturated/α-hetero) is 1. The molecule has 2 aromatic rings. The quantitative estimate of drug-likeness (QED) is 0.915. The van der Waals surface area contributed by atoms with E-state index in [1.807, 2.05) is 0 Å². The molecular weight excluding hydrogens is 337 g/mol. The molecule has 6 nitrogen and oxygen atoms in total. The molecular formula is C16H14FNO5S. The molecule has 1 aliphatic heterocycles. The number of carbonyl (C=O) groups excluding carboxylic acids is 1. The fourth-order valence-electron chi connectivity index (χ4n) is 2.46. The van der Waals surface area contributed by atoms with Crippen LogP contribution in [0.2, 0.25) is 0 Å². The lowest BCUT2D eigenvalue weighted by molar-refractivity contribution is -0.125. The van der Waals surface area contributed by atoms with Crippen molar-refractivity contribution >= 4 is 27.1 Å². The topological polar surface area (TPSA) is 99.6 Å². The van der Waals surface area contributed by atoms with Gasteiger partial charge in [-0.3, -0.25) is 4.79 Å². The zero-order chi connectivity index (χ0) is 17.7. The van der Waals surface area contributed by atoms with E-state index in [0.29, 0.717) is 5.56 Å². The first kappa shape index (κ1) is 16.4. The highest BCUT2D eigenvalue weighted by Crippen LogP contribution is 2.41. The van der Waals surface area contributed by atoms with E-state index >= 15 is 0 Å². The molecule has 0 aliphatic carbocycles. The van der Waals surface area contributed by atoms with Crippen molar-refractivity contribution in [3.05, 3.63) is 53.7 Å². The van der Waals surface area contributed by atoms with Crippen molar-refractivity contribution in [2.45, 2.75) is 24.3 Å². The molecule has 1 aromatic heterocycles. The van der Waals surface area contributed by atoms with Crippen LogP contribution < -0.4 is 5.14 Å². The third-order valence-electron chi connectivity index (χ3n) is 3.66. The lowest BCUT2D eigenvalue weighted by atomic mass is 9.94. The van der Waals surface area contributed by atoms with Crippen LogP contribution in [0.25, 0.3) is 11.3 Å². The van der Waals surface area contributed by atoms with Gasteiger partial charge in [0, 0.05) is 17.2 Å². The van der Waals surface area contributed by atoms with E-state index < -0.39 is 21.6 Å². The maximum absolute atomic E-state index is 13.2. The molecule has 0 spiro atoms. The molecule has 126 valence electrons. The number of nitrogens with two attached hydrogens (primary N) is 1. The molecule has 2 heterocycles. The van der Waals surface area contributed by atoms with Gasteiger partial charge in [-0.15, -0.1) is 0 Å². The molecule has 0 amide bonds. The summed E-state index contributed by atoms with van der Waals surface area (Å²) in [6.07, 6.45) is 1.13. The molecule has 1 aliphatic rings. The number of halogens is 1. The number of ketones is 1. The van der Waals surface area contributed by atoms with Crippen molar-refractivity contribution in [2.75, 3.05) is 0 Å². The molecule has 0 fully saturated rings. The maximum Gasteiger partial charge on any atom is 0.278 e. The van der Waals surface area contributed by atoms with Gasteiger partial charge in [0.2, 0.25) is 15.8 Å². The lowest BCUT2D eigenvalue weighted by Crippen LogP contribution is -2.29. The van der Waals surface area contributed by atoms with Crippen molar-refractivity contribution in [3.63, 3.8) is 0 Å². The van der Waals surface area contributed by atoms with Gasteiger partial charge < -0.3 is 9.15 Å². The summed E-state index contributed by atoms with van der Waals surface area (Å²) in [6, 6.07) is 5.84. The summed E-state index contributed by atoms with van der Waals surface area (Å²) in [5, 5.41) is 5.07. The van der Waals surface area contributed by atoms with Crippen LogP contribution in [0.5, 0.6) is 0 Å². The normalized spacial score (nSPS) is 17.2. The minimum Gasteiger partial charge on any atom is -0.478 e. The minimum atomic E-state index is -3.83. The highest BCUT2D eigenvalue weighted by Gasteiger charge is 2.43. The Bertz CT molecular complexity index is 955. The predicted molar refractivity (Wildman–Crippen MR) is 83.5 cm³/mol. The fourth-order valence-corrected chi connectivity index (χ4v) is 2.97. The van der Waals surface area contributed by atoms with Crippen molar-refractivity contribution in [1.82, 2.24) is 0 Å². The number of primary sulfonamides is 1. The first-order valence-corrected chi connectivity index (χ1v) is 8.50. The van der Waals surface area contributed by atoms with Crippen molar-refractivity contribution < 1.29 is 26.8 Å². The first-order chi connectivity index (χ1) is 11.1. The van der Waals surface area contributed by atoms with Gasteiger partial charge in [0.1, 0.15) is 12.0 Å². The van der Waals surface area contributed by atoms with E-state index in [4.69, 9.17) is 9.88 Å². The van der Waals surface area contributed by atoms with Gasteiger partial charge in [0.25, 0.3) is 6.01 Å². The van der Waals surface area contributed by atoms with Gasteiger partial charge in [-0.1, -0.05) is 0 Å². The summed E-state index contributed by atoms with van der Waals surface area (Å²) in [4.78, 5) is 12.5. The number of furan rings is 1. The van der Waals surface area contributed by atoms with Crippen LogP contribution in [0.1, 0.15) is 25.0 Å². The Balaban J connectivity index is 2.15. The molecule has 8 heteroatoms. The monoisotopic (exact) mass is 351 g/mol. The van der Waals surface area contributed by atoms with E-state index in [1.165, 1.54) is 24.3 Å². The molecule has 2 N–H and O–H groups in total. The Labute approximate surface area is 137 Å². The molecule has 0 radical (unpaired) electrons. The zero-order valence-corrected chi connectivity index (χ0v) is 13.7. The van der Waals surface area contributed by atoms with Crippen LogP contribution in [0.4, 0.5) is 4.39 Å². The summed E-state index contributed by atoms with van der Waals surface area (Å²) in [5.74, 6) is -0.0967. The fraction of sp³-hybridized carbons (Fsp3) is 0.188. The molecule has 0 saturated carbocycles. The van der Waals surface area contributed by atoms with Gasteiger partial charge in [0.15, 0.2) is 5.60 Å². The highest BCUT2D eigenvalue weighted by atomic mass is 32.2. The summed E-state index contributed by atoms with van der Waals surface area (Å²) in [6.45, 7) is 3.19. The number of ether oxygens (including phenoxy) is 1. The van der Waals surface area contributed by atoms with Crippen LogP contribution in [-0.4, -0.2) is 19.8 Å². The molecule has 0 saturated heterocycles. The number of benzene rings is 1. The van der Waals surface area contributed by atoms with Crippen LogP contribution in [0.15, 0.2) is 45.9 Å². The summed E-state index contributed by atoms with van der Waals surface area (Å²) in [7, 11) is -3.83. The van der Waals surface area contributed by atoms with Crippen LogP contribution in [0, 0.1) is 6.01 Å².